The van der Waals surface area contributed by atoms with Crippen LogP contribution in [0.5, 0.6) is 0 Å². The second kappa shape index (κ2) is 5.52. The van der Waals surface area contributed by atoms with E-state index in [9.17, 15) is 4.79 Å². The summed E-state index contributed by atoms with van der Waals surface area (Å²) in [7, 11) is 0. The maximum Gasteiger partial charge on any atom is 0.223 e. The van der Waals surface area contributed by atoms with Gasteiger partial charge in [-0.25, -0.2) is 0 Å². The molecule has 5 heteroatoms. The zero-order chi connectivity index (χ0) is 14.3. The van der Waals surface area contributed by atoms with Crippen molar-refractivity contribution < 1.29 is 9.53 Å². The van der Waals surface area contributed by atoms with Crippen molar-refractivity contribution in [2.75, 3.05) is 39.3 Å². The second-order valence-electron chi connectivity index (χ2n) is 7.36. The van der Waals surface area contributed by atoms with Crippen LogP contribution in [0.1, 0.15) is 32.1 Å². The first-order valence-corrected chi connectivity index (χ1v) is 8.61. The zero-order valence-corrected chi connectivity index (χ0v) is 12.8. The average Bonchev–Trinajstić information content (AvgIpc) is 2.99. The summed E-state index contributed by atoms with van der Waals surface area (Å²) in [5.74, 6) is 0.534. The normalized spacial score (nSPS) is 38.2. The number of fused-ring (bicyclic) bond motifs is 1. The minimum atomic E-state index is 0.186. The van der Waals surface area contributed by atoms with Crippen molar-refractivity contribution >= 4 is 5.91 Å². The second-order valence-corrected chi connectivity index (χ2v) is 7.36. The highest BCUT2D eigenvalue weighted by atomic mass is 16.5. The van der Waals surface area contributed by atoms with Crippen LogP contribution >= 0.6 is 0 Å². The standard InChI is InChI=1S/C16H27N3O2/c20-15(14-8-16(14)3-5-17-6-4-16)18-9-13-10-19-7-1-2-12(19)11-21-13/h12-14,17H,1-11H2,(H,18,20). The van der Waals surface area contributed by atoms with Crippen molar-refractivity contribution in [3.05, 3.63) is 0 Å². The Hall–Kier alpha value is -0.650. The van der Waals surface area contributed by atoms with E-state index in [1.165, 1.54) is 32.2 Å². The molecular formula is C16H27N3O2. The molecule has 1 aliphatic carbocycles. The molecule has 1 spiro atoms. The van der Waals surface area contributed by atoms with E-state index < -0.39 is 0 Å². The Morgan fingerprint density at radius 3 is 3.10 bits per heavy atom. The summed E-state index contributed by atoms with van der Waals surface area (Å²) in [5.41, 5.74) is 0.336. The summed E-state index contributed by atoms with van der Waals surface area (Å²) in [6.45, 7) is 5.88. The Balaban J connectivity index is 1.23. The quantitative estimate of drug-likeness (QED) is 0.789. The summed E-state index contributed by atoms with van der Waals surface area (Å²) < 4.78 is 5.91. The number of nitrogens with one attached hydrogen (secondary N) is 2. The van der Waals surface area contributed by atoms with Crippen LogP contribution in [0.25, 0.3) is 0 Å². The third kappa shape index (κ3) is 2.71. The van der Waals surface area contributed by atoms with Crippen molar-refractivity contribution in [2.24, 2.45) is 11.3 Å². The van der Waals surface area contributed by atoms with E-state index in [4.69, 9.17) is 4.74 Å². The lowest BCUT2D eigenvalue weighted by atomic mass is 9.92. The highest BCUT2D eigenvalue weighted by molar-refractivity contribution is 5.82. The minimum Gasteiger partial charge on any atom is -0.373 e. The molecule has 4 fully saturated rings. The molecule has 3 heterocycles. The van der Waals surface area contributed by atoms with Crippen molar-refractivity contribution in [1.82, 2.24) is 15.5 Å². The average molecular weight is 293 g/mol. The van der Waals surface area contributed by atoms with Gasteiger partial charge in [0.25, 0.3) is 0 Å². The molecule has 5 nitrogen and oxygen atoms in total. The molecule has 0 aromatic rings. The van der Waals surface area contributed by atoms with Gasteiger partial charge in [0.2, 0.25) is 5.91 Å². The van der Waals surface area contributed by atoms with Gasteiger partial charge in [-0.2, -0.15) is 0 Å². The molecule has 3 saturated heterocycles. The van der Waals surface area contributed by atoms with Crippen LogP contribution in [-0.4, -0.2) is 62.3 Å². The van der Waals surface area contributed by atoms with E-state index in [2.05, 4.69) is 15.5 Å². The summed E-state index contributed by atoms with van der Waals surface area (Å²) in [6.07, 6.45) is 6.19. The van der Waals surface area contributed by atoms with Crippen LogP contribution in [0.15, 0.2) is 0 Å². The molecule has 0 aromatic heterocycles. The summed E-state index contributed by atoms with van der Waals surface area (Å²) in [6, 6.07) is 0.637. The molecule has 3 atom stereocenters. The van der Waals surface area contributed by atoms with Crippen LogP contribution in [0, 0.1) is 11.3 Å². The Kier molecular flexibility index (Phi) is 3.67. The lowest BCUT2D eigenvalue weighted by Gasteiger charge is -2.35. The number of piperidine rings is 1. The molecule has 118 valence electrons. The number of carbonyl (C=O) groups is 1. The first-order chi connectivity index (χ1) is 10.3. The number of hydrogen-bond acceptors (Lipinski definition) is 4. The lowest BCUT2D eigenvalue weighted by molar-refractivity contribution is -0.124. The van der Waals surface area contributed by atoms with Gasteiger partial charge in [-0.3, -0.25) is 9.69 Å². The molecule has 3 aliphatic heterocycles. The van der Waals surface area contributed by atoms with Gasteiger partial charge in [-0.1, -0.05) is 0 Å². The van der Waals surface area contributed by atoms with Crippen LogP contribution in [0.4, 0.5) is 0 Å². The molecule has 4 aliphatic rings. The van der Waals surface area contributed by atoms with Crippen molar-refractivity contribution in [3.63, 3.8) is 0 Å². The maximum atomic E-state index is 12.3. The smallest absolute Gasteiger partial charge is 0.223 e. The lowest BCUT2D eigenvalue weighted by Crippen LogP contribution is -2.50. The molecule has 2 N–H and O–H groups in total. The largest absolute Gasteiger partial charge is 0.373 e. The predicted octanol–water partition coefficient (Wildman–Crippen LogP) is 0.356. The predicted molar refractivity (Wildman–Crippen MR) is 80.0 cm³/mol. The van der Waals surface area contributed by atoms with Crippen LogP contribution in [0.3, 0.4) is 0 Å². The molecule has 1 saturated carbocycles. The number of rotatable bonds is 3. The van der Waals surface area contributed by atoms with Gasteiger partial charge in [0.1, 0.15) is 0 Å². The molecule has 4 rings (SSSR count). The van der Waals surface area contributed by atoms with Gasteiger partial charge >= 0.3 is 0 Å². The molecule has 0 bridgehead atoms. The van der Waals surface area contributed by atoms with E-state index >= 15 is 0 Å². The first-order valence-electron chi connectivity index (χ1n) is 8.61. The molecule has 1 amide bonds. The van der Waals surface area contributed by atoms with Gasteiger partial charge in [0.05, 0.1) is 12.7 Å². The van der Waals surface area contributed by atoms with E-state index in [1.54, 1.807) is 0 Å². The Bertz CT molecular complexity index is 408. The Morgan fingerprint density at radius 2 is 2.24 bits per heavy atom. The summed E-state index contributed by atoms with van der Waals surface area (Å²) in [5, 5.41) is 6.54. The molecular weight excluding hydrogens is 266 g/mol. The fourth-order valence-electron chi connectivity index (χ4n) is 4.54. The number of morpholine rings is 1. The zero-order valence-electron chi connectivity index (χ0n) is 12.8. The van der Waals surface area contributed by atoms with E-state index in [-0.39, 0.29) is 17.9 Å². The fourth-order valence-corrected chi connectivity index (χ4v) is 4.54. The van der Waals surface area contributed by atoms with Crippen molar-refractivity contribution in [1.29, 1.82) is 0 Å². The number of nitrogens with zero attached hydrogens (tertiary/aromatic N) is 1. The SMILES string of the molecule is O=C(NCC1CN2CCCC2CO1)C1CC12CCNCC2. The molecule has 21 heavy (non-hydrogen) atoms. The van der Waals surface area contributed by atoms with Gasteiger partial charge in [0.15, 0.2) is 0 Å². The van der Waals surface area contributed by atoms with Crippen molar-refractivity contribution in [2.45, 2.75) is 44.2 Å². The van der Waals surface area contributed by atoms with E-state index in [0.717, 1.165) is 32.7 Å². The van der Waals surface area contributed by atoms with E-state index in [0.29, 0.717) is 18.0 Å². The minimum absolute atomic E-state index is 0.186. The first kappa shape index (κ1) is 14.0. The topological polar surface area (TPSA) is 53.6 Å². The third-order valence-electron chi connectivity index (χ3n) is 6.07. The Labute approximate surface area is 126 Å². The summed E-state index contributed by atoms with van der Waals surface area (Å²) in [4.78, 5) is 14.9. The fraction of sp³-hybridized carbons (Fsp3) is 0.938. The van der Waals surface area contributed by atoms with Crippen molar-refractivity contribution in [3.8, 4) is 0 Å². The van der Waals surface area contributed by atoms with Crippen LogP contribution in [-0.2, 0) is 9.53 Å². The summed E-state index contributed by atoms with van der Waals surface area (Å²) >= 11 is 0. The molecule has 0 radical (unpaired) electrons. The maximum absolute atomic E-state index is 12.3. The number of hydrogen-bond donors (Lipinski definition) is 2. The third-order valence-corrected chi connectivity index (χ3v) is 6.07. The van der Waals surface area contributed by atoms with Gasteiger partial charge < -0.3 is 15.4 Å². The Morgan fingerprint density at radius 1 is 1.38 bits per heavy atom. The molecule has 0 aromatic carbocycles. The van der Waals surface area contributed by atoms with Crippen LogP contribution < -0.4 is 10.6 Å². The number of ether oxygens (including phenoxy) is 1. The highest BCUT2D eigenvalue weighted by Gasteiger charge is 2.57. The number of amides is 1. The molecule has 3 unspecified atom stereocenters. The van der Waals surface area contributed by atoms with Gasteiger partial charge in [-0.15, -0.1) is 0 Å². The number of carbonyl (C=O) groups excluding carboxylic acids is 1. The van der Waals surface area contributed by atoms with Gasteiger partial charge in [0, 0.05) is 25.0 Å². The van der Waals surface area contributed by atoms with Crippen LogP contribution in [0.2, 0.25) is 0 Å². The van der Waals surface area contributed by atoms with E-state index in [1.807, 2.05) is 0 Å². The van der Waals surface area contributed by atoms with Gasteiger partial charge in [-0.05, 0) is 57.2 Å². The highest BCUT2D eigenvalue weighted by Crippen LogP contribution is 2.58. The monoisotopic (exact) mass is 293 g/mol.